The molecule has 140 valence electrons. The number of unbranched alkanes of at least 4 members (excludes halogenated alkanes) is 1. The van der Waals surface area contributed by atoms with Crippen LogP contribution in [0, 0.1) is 13.8 Å². The van der Waals surface area contributed by atoms with E-state index in [2.05, 4.69) is 11.9 Å². The SMILES string of the molecule is CCCCN(Cc1cc2ccc(C)cc2[nH]c1=O)C(=O)c1cccc(C)c1. The first-order valence-corrected chi connectivity index (χ1v) is 9.46. The van der Waals surface area contributed by atoms with Gasteiger partial charge in [0.15, 0.2) is 0 Å². The van der Waals surface area contributed by atoms with E-state index in [-0.39, 0.29) is 11.5 Å². The Kier molecular flexibility index (Phi) is 5.75. The minimum absolute atomic E-state index is 0.0319. The number of rotatable bonds is 6. The zero-order chi connectivity index (χ0) is 19.4. The molecule has 0 aliphatic carbocycles. The van der Waals surface area contributed by atoms with Crippen molar-refractivity contribution >= 4 is 16.8 Å². The van der Waals surface area contributed by atoms with Crippen LogP contribution in [0.25, 0.3) is 10.9 Å². The summed E-state index contributed by atoms with van der Waals surface area (Å²) in [7, 11) is 0. The number of nitrogens with one attached hydrogen (secondary N) is 1. The highest BCUT2D eigenvalue weighted by atomic mass is 16.2. The average Bonchev–Trinajstić information content (AvgIpc) is 2.65. The quantitative estimate of drug-likeness (QED) is 0.697. The van der Waals surface area contributed by atoms with Crippen LogP contribution in [0.5, 0.6) is 0 Å². The Bertz CT molecular complexity index is 1020. The van der Waals surface area contributed by atoms with Gasteiger partial charge in [0.25, 0.3) is 11.5 Å². The number of H-pyrrole nitrogens is 1. The number of carbonyl (C=O) groups is 1. The molecule has 27 heavy (non-hydrogen) atoms. The minimum Gasteiger partial charge on any atom is -0.334 e. The van der Waals surface area contributed by atoms with Crippen LogP contribution in [-0.4, -0.2) is 22.3 Å². The van der Waals surface area contributed by atoms with Gasteiger partial charge in [-0.3, -0.25) is 9.59 Å². The summed E-state index contributed by atoms with van der Waals surface area (Å²) >= 11 is 0. The zero-order valence-corrected chi connectivity index (χ0v) is 16.2. The van der Waals surface area contributed by atoms with Gasteiger partial charge in [-0.05, 0) is 55.5 Å². The molecule has 0 atom stereocenters. The molecule has 0 spiro atoms. The molecule has 0 bridgehead atoms. The first kappa shape index (κ1) is 18.9. The molecule has 0 fully saturated rings. The Hall–Kier alpha value is -2.88. The minimum atomic E-state index is -0.133. The van der Waals surface area contributed by atoms with Crippen molar-refractivity contribution in [1.29, 1.82) is 0 Å². The fraction of sp³-hybridized carbons (Fsp3) is 0.304. The van der Waals surface area contributed by atoms with E-state index in [1.807, 2.05) is 62.4 Å². The summed E-state index contributed by atoms with van der Waals surface area (Å²) in [6.07, 6.45) is 1.90. The van der Waals surface area contributed by atoms with Crippen molar-refractivity contribution in [3.63, 3.8) is 0 Å². The second-order valence-corrected chi connectivity index (χ2v) is 7.16. The lowest BCUT2D eigenvalue weighted by Gasteiger charge is -2.23. The van der Waals surface area contributed by atoms with Gasteiger partial charge in [-0.2, -0.15) is 0 Å². The second kappa shape index (κ2) is 8.21. The fourth-order valence-corrected chi connectivity index (χ4v) is 3.25. The van der Waals surface area contributed by atoms with Crippen LogP contribution in [-0.2, 0) is 6.54 Å². The molecule has 0 aliphatic heterocycles. The Labute approximate surface area is 159 Å². The molecular formula is C23H26N2O2. The fourth-order valence-electron chi connectivity index (χ4n) is 3.25. The van der Waals surface area contributed by atoms with Gasteiger partial charge in [-0.15, -0.1) is 0 Å². The lowest BCUT2D eigenvalue weighted by atomic mass is 10.1. The maximum absolute atomic E-state index is 13.0. The summed E-state index contributed by atoms with van der Waals surface area (Å²) in [5.74, 6) is -0.0319. The van der Waals surface area contributed by atoms with Crippen molar-refractivity contribution in [2.75, 3.05) is 6.54 Å². The molecule has 3 aromatic rings. The lowest BCUT2D eigenvalue weighted by Crippen LogP contribution is -2.33. The van der Waals surface area contributed by atoms with Gasteiger partial charge in [-0.1, -0.05) is 43.2 Å². The van der Waals surface area contributed by atoms with Crippen LogP contribution in [0.15, 0.2) is 53.3 Å². The normalized spacial score (nSPS) is 10.9. The van der Waals surface area contributed by atoms with Gasteiger partial charge in [0.2, 0.25) is 0 Å². The molecule has 0 aliphatic rings. The van der Waals surface area contributed by atoms with E-state index in [1.54, 1.807) is 4.90 Å². The first-order valence-electron chi connectivity index (χ1n) is 9.46. The summed E-state index contributed by atoms with van der Waals surface area (Å²) in [4.78, 5) is 30.3. The van der Waals surface area contributed by atoms with E-state index in [4.69, 9.17) is 0 Å². The van der Waals surface area contributed by atoms with Crippen molar-refractivity contribution < 1.29 is 4.79 Å². The molecular weight excluding hydrogens is 336 g/mol. The molecule has 1 aromatic heterocycles. The van der Waals surface area contributed by atoms with E-state index in [9.17, 15) is 9.59 Å². The van der Waals surface area contributed by atoms with Crippen molar-refractivity contribution in [3.05, 3.63) is 81.1 Å². The van der Waals surface area contributed by atoms with Crippen LogP contribution in [0.4, 0.5) is 0 Å². The van der Waals surface area contributed by atoms with E-state index < -0.39 is 0 Å². The summed E-state index contributed by atoms with van der Waals surface area (Å²) in [5.41, 5.74) is 4.13. The number of fused-ring (bicyclic) bond motifs is 1. The highest BCUT2D eigenvalue weighted by Crippen LogP contribution is 2.16. The first-order chi connectivity index (χ1) is 13.0. The number of nitrogens with zero attached hydrogens (tertiary/aromatic N) is 1. The number of amides is 1. The molecule has 1 amide bonds. The van der Waals surface area contributed by atoms with Crippen LogP contribution < -0.4 is 5.56 Å². The predicted molar refractivity (Wildman–Crippen MR) is 110 cm³/mol. The number of aromatic nitrogens is 1. The Balaban J connectivity index is 1.93. The highest BCUT2D eigenvalue weighted by molar-refractivity contribution is 5.94. The van der Waals surface area contributed by atoms with E-state index >= 15 is 0 Å². The van der Waals surface area contributed by atoms with Gasteiger partial charge in [-0.25, -0.2) is 0 Å². The Morgan fingerprint density at radius 1 is 1.04 bits per heavy atom. The molecule has 3 rings (SSSR count). The maximum Gasteiger partial charge on any atom is 0.254 e. The van der Waals surface area contributed by atoms with Crippen molar-refractivity contribution in [1.82, 2.24) is 9.88 Å². The number of hydrogen-bond acceptors (Lipinski definition) is 2. The lowest BCUT2D eigenvalue weighted by molar-refractivity contribution is 0.0740. The van der Waals surface area contributed by atoms with E-state index in [0.717, 1.165) is 34.9 Å². The number of pyridine rings is 1. The van der Waals surface area contributed by atoms with Crippen LogP contribution in [0.1, 0.15) is 46.8 Å². The van der Waals surface area contributed by atoms with Gasteiger partial charge in [0.05, 0.1) is 6.54 Å². The standard InChI is InChI=1S/C23H26N2O2/c1-4-5-11-25(23(27)19-8-6-7-16(2)12-19)15-20-14-18-10-9-17(3)13-21(18)24-22(20)26/h6-10,12-14H,4-5,11,15H2,1-3H3,(H,24,26). The molecule has 1 N–H and O–H groups in total. The number of carbonyl (C=O) groups excluding carboxylic acids is 1. The topological polar surface area (TPSA) is 53.2 Å². The van der Waals surface area contributed by atoms with Crippen LogP contribution in [0.3, 0.4) is 0 Å². The number of benzene rings is 2. The molecule has 0 saturated heterocycles. The van der Waals surface area contributed by atoms with Crippen LogP contribution >= 0.6 is 0 Å². The molecule has 0 radical (unpaired) electrons. The van der Waals surface area contributed by atoms with Crippen molar-refractivity contribution in [2.24, 2.45) is 0 Å². The zero-order valence-electron chi connectivity index (χ0n) is 16.2. The molecule has 1 heterocycles. The molecule has 0 saturated carbocycles. The smallest absolute Gasteiger partial charge is 0.254 e. The molecule has 2 aromatic carbocycles. The number of aromatic amines is 1. The Morgan fingerprint density at radius 2 is 1.81 bits per heavy atom. The predicted octanol–water partition coefficient (Wildman–Crippen LogP) is 4.59. The highest BCUT2D eigenvalue weighted by Gasteiger charge is 2.17. The summed E-state index contributed by atoms with van der Waals surface area (Å²) in [6, 6.07) is 15.5. The van der Waals surface area contributed by atoms with Crippen LogP contribution in [0.2, 0.25) is 0 Å². The maximum atomic E-state index is 13.0. The van der Waals surface area contributed by atoms with Gasteiger partial charge in [0, 0.05) is 23.2 Å². The molecule has 4 nitrogen and oxygen atoms in total. The van der Waals surface area contributed by atoms with Gasteiger partial charge < -0.3 is 9.88 Å². The number of hydrogen-bond donors (Lipinski definition) is 1. The third kappa shape index (κ3) is 4.45. The average molecular weight is 362 g/mol. The summed E-state index contributed by atoms with van der Waals surface area (Å²) in [6.45, 7) is 7.02. The van der Waals surface area contributed by atoms with Gasteiger partial charge >= 0.3 is 0 Å². The molecule has 4 heteroatoms. The van der Waals surface area contributed by atoms with Crippen molar-refractivity contribution in [2.45, 2.75) is 40.2 Å². The van der Waals surface area contributed by atoms with E-state index in [1.165, 1.54) is 0 Å². The number of aryl methyl sites for hydroxylation is 2. The molecule has 0 unspecified atom stereocenters. The largest absolute Gasteiger partial charge is 0.334 e. The van der Waals surface area contributed by atoms with Gasteiger partial charge in [0.1, 0.15) is 0 Å². The third-order valence-corrected chi connectivity index (χ3v) is 4.77. The summed E-state index contributed by atoms with van der Waals surface area (Å²) < 4.78 is 0. The second-order valence-electron chi connectivity index (χ2n) is 7.16. The monoisotopic (exact) mass is 362 g/mol. The summed E-state index contributed by atoms with van der Waals surface area (Å²) in [5, 5.41) is 0.980. The van der Waals surface area contributed by atoms with E-state index in [0.29, 0.717) is 24.2 Å². The van der Waals surface area contributed by atoms with Crippen molar-refractivity contribution in [3.8, 4) is 0 Å². The Morgan fingerprint density at radius 3 is 2.56 bits per heavy atom. The third-order valence-electron chi connectivity index (χ3n) is 4.77.